The molecular weight excluding hydrogens is 326 g/mol. The summed E-state index contributed by atoms with van der Waals surface area (Å²) in [5.74, 6) is -0.629. The van der Waals surface area contributed by atoms with E-state index in [1.807, 2.05) is 13.0 Å². The molecule has 1 aromatic carbocycles. The van der Waals surface area contributed by atoms with Crippen molar-refractivity contribution >= 4 is 29.2 Å². The molecule has 1 heterocycles. The Kier molecular flexibility index (Phi) is 4.68. The molecule has 5 heteroatoms. The van der Waals surface area contributed by atoms with Crippen LogP contribution in [0.2, 0.25) is 5.02 Å². The average Bonchev–Trinajstić information content (AvgIpc) is 2.69. The number of rotatable bonds is 2. The lowest BCUT2D eigenvalue weighted by Gasteiger charge is -2.29. The molecule has 0 radical (unpaired) electrons. The molecule has 1 aliphatic carbocycles. The first-order valence-corrected chi connectivity index (χ1v) is 8.83. The zero-order chi connectivity index (χ0) is 17.3. The second kappa shape index (κ2) is 6.60. The summed E-state index contributed by atoms with van der Waals surface area (Å²) in [5.41, 5.74) is 1.64. The number of hydrogen-bond acceptors (Lipinski definition) is 3. The van der Waals surface area contributed by atoms with Crippen molar-refractivity contribution in [3.05, 3.63) is 39.9 Å². The van der Waals surface area contributed by atoms with Gasteiger partial charge in [-0.15, -0.1) is 0 Å². The highest BCUT2D eigenvalue weighted by Gasteiger charge is 2.49. The van der Waals surface area contributed by atoms with Gasteiger partial charge < -0.3 is 10.1 Å². The molecule has 4 nitrogen and oxygen atoms in total. The molecule has 1 saturated carbocycles. The van der Waals surface area contributed by atoms with Gasteiger partial charge in [0, 0.05) is 16.3 Å². The van der Waals surface area contributed by atoms with Crippen LogP contribution >= 0.6 is 11.6 Å². The molecule has 1 amide bonds. The molecule has 1 fully saturated rings. The molecule has 0 atom stereocenters. The Balaban J connectivity index is 1.93. The van der Waals surface area contributed by atoms with E-state index in [0.29, 0.717) is 34.7 Å². The van der Waals surface area contributed by atoms with Crippen LogP contribution < -0.4 is 5.32 Å². The van der Waals surface area contributed by atoms with Crippen molar-refractivity contribution in [1.29, 1.82) is 0 Å². The monoisotopic (exact) mass is 347 g/mol. The lowest BCUT2D eigenvalue weighted by Crippen LogP contribution is -2.36. The van der Waals surface area contributed by atoms with Crippen LogP contribution in [0.1, 0.15) is 51.0 Å². The SMILES string of the molecule is CC1=C(C(=O)Nc2cccc(Cl)c2C)C2(CCCCCC2)OC1=O. The van der Waals surface area contributed by atoms with Crippen molar-refractivity contribution in [2.45, 2.75) is 58.0 Å². The minimum atomic E-state index is -0.756. The highest BCUT2D eigenvalue weighted by Crippen LogP contribution is 2.43. The molecule has 1 N–H and O–H groups in total. The molecule has 1 aromatic rings. The maximum atomic E-state index is 13.0. The fourth-order valence-corrected chi connectivity index (χ4v) is 3.88. The standard InChI is InChI=1S/C19H22ClNO3/c1-12-14(20)8-7-9-15(12)21-17(22)16-13(2)18(23)24-19(16)10-5-3-4-6-11-19/h7-9H,3-6,10-11H2,1-2H3,(H,21,22). The Morgan fingerprint density at radius 2 is 1.83 bits per heavy atom. The number of anilines is 1. The molecule has 0 bridgehead atoms. The molecule has 0 aromatic heterocycles. The van der Waals surface area contributed by atoms with Gasteiger partial charge in [0.2, 0.25) is 0 Å². The van der Waals surface area contributed by atoms with Gasteiger partial charge in [-0.1, -0.05) is 30.5 Å². The smallest absolute Gasteiger partial charge is 0.335 e. The third-order valence-electron chi connectivity index (χ3n) is 5.08. The van der Waals surface area contributed by atoms with E-state index >= 15 is 0 Å². The van der Waals surface area contributed by atoms with Crippen LogP contribution in [0.15, 0.2) is 29.3 Å². The molecule has 0 unspecified atom stereocenters. The van der Waals surface area contributed by atoms with Gasteiger partial charge in [-0.05, 0) is 57.2 Å². The van der Waals surface area contributed by atoms with E-state index in [1.165, 1.54) is 0 Å². The van der Waals surface area contributed by atoms with Crippen LogP contribution in [-0.2, 0) is 14.3 Å². The molecule has 2 aliphatic rings. The summed E-state index contributed by atoms with van der Waals surface area (Å²) < 4.78 is 5.71. The first kappa shape index (κ1) is 17.0. The number of carbonyl (C=O) groups excluding carboxylic acids is 2. The van der Waals surface area contributed by atoms with Gasteiger partial charge in [0.25, 0.3) is 5.91 Å². The molecule has 1 aliphatic heterocycles. The van der Waals surface area contributed by atoms with Gasteiger partial charge in [-0.2, -0.15) is 0 Å². The maximum Gasteiger partial charge on any atom is 0.335 e. The van der Waals surface area contributed by atoms with Crippen LogP contribution in [0.4, 0.5) is 5.69 Å². The van der Waals surface area contributed by atoms with Crippen molar-refractivity contribution in [3.63, 3.8) is 0 Å². The first-order chi connectivity index (χ1) is 11.4. The maximum absolute atomic E-state index is 13.0. The topological polar surface area (TPSA) is 55.4 Å². The Morgan fingerprint density at radius 1 is 1.17 bits per heavy atom. The van der Waals surface area contributed by atoms with Crippen molar-refractivity contribution in [3.8, 4) is 0 Å². The van der Waals surface area contributed by atoms with E-state index in [0.717, 1.165) is 31.2 Å². The average molecular weight is 348 g/mol. The van der Waals surface area contributed by atoms with Gasteiger partial charge in [0.15, 0.2) is 0 Å². The summed E-state index contributed by atoms with van der Waals surface area (Å²) in [6.07, 6.45) is 5.59. The number of benzene rings is 1. The zero-order valence-corrected chi connectivity index (χ0v) is 14.8. The molecule has 128 valence electrons. The largest absolute Gasteiger partial charge is 0.451 e. The third-order valence-corrected chi connectivity index (χ3v) is 5.49. The van der Waals surface area contributed by atoms with E-state index in [4.69, 9.17) is 16.3 Å². The van der Waals surface area contributed by atoms with Crippen LogP contribution in [0.25, 0.3) is 0 Å². The van der Waals surface area contributed by atoms with Crippen LogP contribution in [0.5, 0.6) is 0 Å². The third kappa shape index (κ3) is 2.95. The lowest BCUT2D eigenvalue weighted by atomic mass is 9.84. The summed E-state index contributed by atoms with van der Waals surface area (Å²) in [7, 11) is 0. The highest BCUT2D eigenvalue weighted by atomic mass is 35.5. The number of nitrogens with one attached hydrogen (secondary N) is 1. The number of halogens is 1. The highest BCUT2D eigenvalue weighted by molar-refractivity contribution is 6.31. The number of amides is 1. The van der Waals surface area contributed by atoms with Gasteiger partial charge in [0.1, 0.15) is 5.60 Å². The minimum absolute atomic E-state index is 0.259. The van der Waals surface area contributed by atoms with Crippen LogP contribution in [-0.4, -0.2) is 17.5 Å². The number of ether oxygens (including phenoxy) is 1. The lowest BCUT2D eigenvalue weighted by molar-refractivity contribution is -0.148. The molecular formula is C19H22ClNO3. The minimum Gasteiger partial charge on any atom is -0.451 e. The van der Waals surface area contributed by atoms with E-state index in [9.17, 15) is 9.59 Å². The van der Waals surface area contributed by atoms with E-state index in [1.54, 1.807) is 19.1 Å². The van der Waals surface area contributed by atoms with Crippen LogP contribution in [0, 0.1) is 6.92 Å². The molecule has 1 spiro atoms. The molecule has 3 rings (SSSR count). The predicted octanol–water partition coefficient (Wildman–Crippen LogP) is 4.55. The number of hydrogen-bond donors (Lipinski definition) is 1. The summed E-state index contributed by atoms with van der Waals surface area (Å²) in [5, 5.41) is 3.52. The Labute approximate surface area is 147 Å². The van der Waals surface area contributed by atoms with Crippen molar-refractivity contribution < 1.29 is 14.3 Å². The van der Waals surface area contributed by atoms with E-state index < -0.39 is 5.60 Å². The number of esters is 1. The van der Waals surface area contributed by atoms with E-state index in [-0.39, 0.29) is 11.9 Å². The Hall–Kier alpha value is -1.81. The summed E-state index contributed by atoms with van der Waals surface area (Å²) >= 11 is 6.13. The summed E-state index contributed by atoms with van der Waals surface area (Å²) in [4.78, 5) is 25.1. The second-order valence-corrected chi connectivity index (χ2v) is 7.07. The Morgan fingerprint density at radius 3 is 2.50 bits per heavy atom. The van der Waals surface area contributed by atoms with E-state index in [2.05, 4.69) is 5.32 Å². The van der Waals surface area contributed by atoms with Crippen molar-refractivity contribution in [2.75, 3.05) is 5.32 Å². The van der Waals surface area contributed by atoms with Gasteiger partial charge in [0.05, 0.1) is 5.57 Å². The summed E-state index contributed by atoms with van der Waals surface area (Å²) in [6.45, 7) is 3.54. The van der Waals surface area contributed by atoms with Gasteiger partial charge >= 0.3 is 5.97 Å². The quantitative estimate of drug-likeness (QED) is 0.798. The fraction of sp³-hybridized carbons (Fsp3) is 0.474. The van der Waals surface area contributed by atoms with Crippen LogP contribution in [0.3, 0.4) is 0 Å². The summed E-state index contributed by atoms with van der Waals surface area (Å²) in [6, 6.07) is 5.39. The zero-order valence-electron chi connectivity index (χ0n) is 14.1. The predicted molar refractivity (Wildman–Crippen MR) is 94.0 cm³/mol. The normalized spacial score (nSPS) is 20.0. The second-order valence-electron chi connectivity index (χ2n) is 6.66. The number of carbonyl (C=O) groups is 2. The fourth-order valence-electron chi connectivity index (χ4n) is 3.71. The van der Waals surface area contributed by atoms with Gasteiger partial charge in [-0.25, -0.2) is 4.79 Å². The van der Waals surface area contributed by atoms with Crippen molar-refractivity contribution in [2.24, 2.45) is 0 Å². The van der Waals surface area contributed by atoms with Crippen molar-refractivity contribution in [1.82, 2.24) is 0 Å². The first-order valence-electron chi connectivity index (χ1n) is 8.46. The molecule has 24 heavy (non-hydrogen) atoms. The van der Waals surface area contributed by atoms with Gasteiger partial charge in [-0.3, -0.25) is 4.79 Å². The Bertz CT molecular complexity index is 715. The molecule has 0 saturated heterocycles.